The Balaban J connectivity index is 3.77. The van der Waals surface area contributed by atoms with E-state index in [0.717, 1.165) is 0 Å². The van der Waals surface area contributed by atoms with E-state index in [1.165, 1.54) is 6.92 Å². The molecule has 0 saturated heterocycles. The van der Waals surface area contributed by atoms with Crippen LogP contribution in [0.4, 0.5) is 4.79 Å². The Hall–Kier alpha value is -1.39. The van der Waals surface area contributed by atoms with Crippen LogP contribution < -0.4 is 0 Å². The van der Waals surface area contributed by atoms with Crippen LogP contribution in [-0.4, -0.2) is 28.0 Å². The maximum absolute atomic E-state index is 9.99. The van der Waals surface area contributed by atoms with E-state index < -0.39 is 12.1 Å². The van der Waals surface area contributed by atoms with Gasteiger partial charge >= 0.3 is 12.1 Å². The van der Waals surface area contributed by atoms with Gasteiger partial charge in [-0.15, -0.1) is 0 Å². The van der Waals surface area contributed by atoms with Gasteiger partial charge < -0.3 is 10.2 Å². The van der Waals surface area contributed by atoms with Crippen molar-refractivity contribution in [1.29, 1.82) is 0 Å². The molecule has 0 aliphatic carbocycles. The van der Waals surface area contributed by atoms with Crippen LogP contribution in [0.2, 0.25) is 0 Å². The molecule has 0 aromatic heterocycles. The number of aliphatic imine (C=N–C) groups is 1. The molecule has 62 valence electrons. The summed E-state index contributed by atoms with van der Waals surface area (Å²) in [5, 5.41) is 16.3. The molecule has 0 atom stereocenters. The first-order valence-corrected chi connectivity index (χ1v) is 3.01. The van der Waals surface area contributed by atoms with Gasteiger partial charge in [-0.25, -0.2) is 4.79 Å². The fraction of sp³-hybridized carbons (Fsp3) is 0.500. The maximum Gasteiger partial charge on any atom is 0.431 e. The van der Waals surface area contributed by atoms with Crippen molar-refractivity contribution in [2.75, 3.05) is 0 Å². The highest BCUT2D eigenvalue weighted by Crippen LogP contribution is 1.92. The highest BCUT2D eigenvalue weighted by molar-refractivity contribution is 5.92. The summed E-state index contributed by atoms with van der Waals surface area (Å²) in [4.78, 5) is 23.0. The predicted molar refractivity (Wildman–Crippen MR) is 38.0 cm³/mol. The van der Waals surface area contributed by atoms with E-state index in [2.05, 4.69) is 4.99 Å². The Morgan fingerprint density at radius 2 is 1.82 bits per heavy atom. The summed E-state index contributed by atoms with van der Waals surface area (Å²) in [5.74, 6) is -0.954. The van der Waals surface area contributed by atoms with Crippen LogP contribution in [0, 0.1) is 0 Å². The second-order valence-corrected chi connectivity index (χ2v) is 2.02. The molecular formula is C6H9NO4. The fourth-order valence-electron chi connectivity index (χ4n) is 0.507. The van der Waals surface area contributed by atoms with Gasteiger partial charge in [0, 0.05) is 5.71 Å². The third-order valence-electron chi connectivity index (χ3n) is 0.987. The molecule has 0 aliphatic rings. The van der Waals surface area contributed by atoms with E-state index in [-0.39, 0.29) is 12.8 Å². The Bertz CT molecular complexity index is 197. The van der Waals surface area contributed by atoms with E-state index in [9.17, 15) is 9.59 Å². The first kappa shape index (κ1) is 9.61. The third kappa shape index (κ3) is 6.50. The first-order chi connectivity index (χ1) is 5.02. The number of amides is 1. The van der Waals surface area contributed by atoms with E-state index in [0.29, 0.717) is 5.71 Å². The Labute approximate surface area is 63.4 Å². The SMILES string of the molecule is CC(CCC(=O)O)=NC(=O)O. The normalized spacial score (nSPS) is 11.2. The van der Waals surface area contributed by atoms with Gasteiger partial charge in [-0.2, -0.15) is 4.99 Å². The van der Waals surface area contributed by atoms with Gasteiger partial charge in [0.05, 0.1) is 6.42 Å². The summed E-state index contributed by atoms with van der Waals surface area (Å²) in [6, 6.07) is 0. The summed E-state index contributed by atoms with van der Waals surface area (Å²) >= 11 is 0. The Morgan fingerprint density at radius 3 is 2.18 bits per heavy atom. The van der Waals surface area contributed by atoms with Gasteiger partial charge in [0.2, 0.25) is 0 Å². The van der Waals surface area contributed by atoms with Crippen molar-refractivity contribution < 1.29 is 19.8 Å². The van der Waals surface area contributed by atoms with Crippen molar-refractivity contribution >= 4 is 17.8 Å². The number of hydrogen-bond donors (Lipinski definition) is 2. The molecule has 0 aliphatic heterocycles. The second kappa shape index (κ2) is 4.43. The molecule has 0 bridgehead atoms. The van der Waals surface area contributed by atoms with Crippen LogP contribution in [0.15, 0.2) is 4.99 Å². The molecule has 0 aromatic carbocycles. The van der Waals surface area contributed by atoms with Crippen LogP contribution in [0.5, 0.6) is 0 Å². The summed E-state index contributed by atoms with van der Waals surface area (Å²) in [5.41, 5.74) is 0.319. The van der Waals surface area contributed by atoms with Crippen molar-refractivity contribution in [2.45, 2.75) is 19.8 Å². The smallest absolute Gasteiger partial charge is 0.431 e. The predicted octanol–water partition coefficient (Wildman–Crippen LogP) is 0.990. The van der Waals surface area contributed by atoms with Gasteiger partial charge in [0.25, 0.3) is 0 Å². The number of nitrogens with zero attached hydrogens (tertiary/aromatic N) is 1. The number of aliphatic carboxylic acids is 1. The van der Waals surface area contributed by atoms with E-state index in [1.54, 1.807) is 0 Å². The van der Waals surface area contributed by atoms with E-state index in [4.69, 9.17) is 10.2 Å². The lowest BCUT2D eigenvalue weighted by atomic mass is 10.2. The minimum Gasteiger partial charge on any atom is -0.481 e. The molecule has 0 radical (unpaired) electrons. The molecule has 0 aromatic rings. The molecule has 0 heterocycles. The molecule has 1 amide bonds. The number of carboxylic acid groups (broad SMARTS) is 2. The monoisotopic (exact) mass is 159 g/mol. The molecule has 0 spiro atoms. The fourth-order valence-corrected chi connectivity index (χ4v) is 0.507. The lowest BCUT2D eigenvalue weighted by Gasteiger charge is -1.93. The largest absolute Gasteiger partial charge is 0.481 e. The van der Waals surface area contributed by atoms with Crippen LogP contribution in [0.1, 0.15) is 19.8 Å². The van der Waals surface area contributed by atoms with E-state index >= 15 is 0 Å². The summed E-state index contributed by atoms with van der Waals surface area (Å²) in [7, 11) is 0. The molecular weight excluding hydrogens is 150 g/mol. The zero-order chi connectivity index (χ0) is 8.85. The summed E-state index contributed by atoms with van der Waals surface area (Å²) < 4.78 is 0. The lowest BCUT2D eigenvalue weighted by Crippen LogP contribution is -2.01. The quantitative estimate of drug-likeness (QED) is 0.601. The average molecular weight is 159 g/mol. The minimum absolute atomic E-state index is 0.0807. The number of carbonyl (C=O) groups is 2. The lowest BCUT2D eigenvalue weighted by molar-refractivity contribution is -0.136. The van der Waals surface area contributed by atoms with Gasteiger partial charge in [-0.3, -0.25) is 4.79 Å². The summed E-state index contributed by atoms with van der Waals surface area (Å²) in [6.07, 6.45) is -1.18. The summed E-state index contributed by atoms with van der Waals surface area (Å²) in [6.45, 7) is 1.48. The van der Waals surface area contributed by atoms with Crippen molar-refractivity contribution in [3.63, 3.8) is 0 Å². The van der Waals surface area contributed by atoms with Crippen molar-refractivity contribution in [3.8, 4) is 0 Å². The van der Waals surface area contributed by atoms with Crippen LogP contribution >= 0.6 is 0 Å². The van der Waals surface area contributed by atoms with E-state index in [1.807, 2.05) is 0 Å². The van der Waals surface area contributed by atoms with Gasteiger partial charge in [0.1, 0.15) is 0 Å². The van der Waals surface area contributed by atoms with Crippen molar-refractivity contribution in [1.82, 2.24) is 0 Å². The molecule has 0 rings (SSSR count). The molecule has 0 saturated carbocycles. The van der Waals surface area contributed by atoms with Crippen molar-refractivity contribution in [2.24, 2.45) is 4.99 Å². The number of rotatable bonds is 3. The molecule has 0 fully saturated rings. The maximum atomic E-state index is 9.99. The molecule has 0 unspecified atom stereocenters. The van der Waals surface area contributed by atoms with Crippen LogP contribution in [0.25, 0.3) is 0 Å². The Kier molecular flexibility index (Phi) is 3.87. The van der Waals surface area contributed by atoms with Crippen LogP contribution in [-0.2, 0) is 4.79 Å². The third-order valence-corrected chi connectivity index (χ3v) is 0.987. The first-order valence-electron chi connectivity index (χ1n) is 3.01. The van der Waals surface area contributed by atoms with Gasteiger partial charge in [0.15, 0.2) is 0 Å². The zero-order valence-electron chi connectivity index (χ0n) is 6.07. The number of hydrogen-bond acceptors (Lipinski definition) is 2. The molecule has 11 heavy (non-hydrogen) atoms. The number of carboxylic acids is 1. The van der Waals surface area contributed by atoms with Crippen LogP contribution in [0.3, 0.4) is 0 Å². The van der Waals surface area contributed by atoms with Gasteiger partial charge in [-0.05, 0) is 13.3 Å². The average Bonchev–Trinajstić information content (AvgIpc) is 1.82. The van der Waals surface area contributed by atoms with Crippen molar-refractivity contribution in [3.05, 3.63) is 0 Å². The highest BCUT2D eigenvalue weighted by atomic mass is 16.4. The van der Waals surface area contributed by atoms with Gasteiger partial charge in [-0.1, -0.05) is 0 Å². The molecule has 5 heteroatoms. The molecule has 5 nitrogen and oxygen atoms in total. The standard InChI is InChI=1S/C6H9NO4/c1-4(7-6(10)11)2-3-5(8)9/h2-3H2,1H3,(H,8,9)(H,10,11). The zero-order valence-corrected chi connectivity index (χ0v) is 6.07. The highest BCUT2D eigenvalue weighted by Gasteiger charge is 2.00. The minimum atomic E-state index is -1.28. The molecule has 2 N–H and O–H groups in total. The Morgan fingerprint density at radius 1 is 1.27 bits per heavy atom. The topological polar surface area (TPSA) is 87.0 Å². The second-order valence-electron chi connectivity index (χ2n) is 2.02.